The molecule has 0 unspecified atom stereocenters. The van der Waals surface area contributed by atoms with Crippen molar-refractivity contribution >= 4 is 40.0 Å². The molecule has 0 spiro atoms. The van der Waals surface area contributed by atoms with Crippen LogP contribution in [-0.2, 0) is 16.6 Å². The number of benzene rings is 1. The number of ether oxygens (including phenoxy) is 1. The normalized spacial score (nSPS) is 12.9. The van der Waals surface area contributed by atoms with Crippen molar-refractivity contribution < 1.29 is 13.2 Å². The summed E-state index contributed by atoms with van der Waals surface area (Å²) < 4.78 is 31.7. The van der Waals surface area contributed by atoms with Gasteiger partial charge in [-0.05, 0) is 60.1 Å². The predicted molar refractivity (Wildman–Crippen MR) is 132 cm³/mol. The fraction of sp³-hybridized carbons (Fsp3) is 0.650. The lowest BCUT2D eigenvalue weighted by Crippen LogP contribution is -2.53. The standard InChI is InChI=1S/C20H36N4O3S.HI/c1-9-21-18(23-14-20(6,7)24-28(8,25)26)22-13-16-11-10-15(2)12-17(16)27-19(3,4)5;/h10-12,24H,9,13-14H2,1-8H3,(H2,21,22,23);1H. The highest BCUT2D eigenvalue weighted by Crippen LogP contribution is 2.25. The van der Waals surface area contributed by atoms with Crippen molar-refractivity contribution in [2.24, 2.45) is 4.99 Å². The van der Waals surface area contributed by atoms with Crippen molar-refractivity contribution in [2.45, 2.75) is 66.2 Å². The maximum absolute atomic E-state index is 11.5. The van der Waals surface area contributed by atoms with E-state index >= 15 is 0 Å². The zero-order chi connectivity index (χ0) is 21.6. The number of sulfonamides is 1. The van der Waals surface area contributed by atoms with E-state index in [9.17, 15) is 8.42 Å². The molecule has 1 aromatic carbocycles. The van der Waals surface area contributed by atoms with Crippen molar-refractivity contribution in [1.29, 1.82) is 0 Å². The number of guanidine groups is 1. The summed E-state index contributed by atoms with van der Waals surface area (Å²) in [5.74, 6) is 1.44. The Morgan fingerprint density at radius 2 is 1.76 bits per heavy atom. The van der Waals surface area contributed by atoms with Gasteiger partial charge in [0.15, 0.2) is 5.96 Å². The van der Waals surface area contributed by atoms with Crippen molar-refractivity contribution in [3.63, 3.8) is 0 Å². The minimum atomic E-state index is -3.29. The first kappa shape index (κ1) is 27.9. The average molecular weight is 541 g/mol. The van der Waals surface area contributed by atoms with Gasteiger partial charge in [0.2, 0.25) is 10.0 Å². The molecule has 9 heteroatoms. The molecule has 168 valence electrons. The van der Waals surface area contributed by atoms with E-state index in [-0.39, 0.29) is 29.6 Å². The molecule has 0 aromatic heterocycles. The van der Waals surface area contributed by atoms with Crippen LogP contribution in [0.4, 0.5) is 0 Å². The number of halogens is 1. The lowest BCUT2D eigenvalue weighted by Gasteiger charge is -2.26. The molecule has 29 heavy (non-hydrogen) atoms. The topological polar surface area (TPSA) is 91.8 Å². The van der Waals surface area contributed by atoms with Gasteiger partial charge in [-0.25, -0.2) is 18.1 Å². The Balaban J connectivity index is 0.00000784. The summed E-state index contributed by atoms with van der Waals surface area (Å²) in [6.07, 6.45) is 1.15. The van der Waals surface area contributed by atoms with Crippen LogP contribution in [0.25, 0.3) is 0 Å². The van der Waals surface area contributed by atoms with E-state index in [0.29, 0.717) is 25.6 Å². The van der Waals surface area contributed by atoms with Crippen LogP contribution < -0.4 is 20.1 Å². The number of aliphatic imine (C=N–C) groups is 1. The average Bonchev–Trinajstić information content (AvgIpc) is 2.47. The number of nitrogens with one attached hydrogen (secondary N) is 3. The molecule has 0 radical (unpaired) electrons. The SMILES string of the molecule is CCNC(=NCc1ccc(C)cc1OC(C)(C)C)NCC(C)(C)NS(C)(=O)=O.I. The van der Waals surface area contributed by atoms with Gasteiger partial charge in [-0.3, -0.25) is 0 Å². The van der Waals surface area contributed by atoms with E-state index in [1.54, 1.807) is 0 Å². The molecule has 0 amide bonds. The number of hydrogen-bond donors (Lipinski definition) is 3. The monoisotopic (exact) mass is 540 g/mol. The van der Waals surface area contributed by atoms with Gasteiger partial charge in [-0.1, -0.05) is 12.1 Å². The first-order valence-corrected chi connectivity index (χ1v) is 11.4. The van der Waals surface area contributed by atoms with Crippen LogP contribution >= 0.6 is 24.0 Å². The minimum Gasteiger partial charge on any atom is -0.488 e. The van der Waals surface area contributed by atoms with Gasteiger partial charge in [-0.2, -0.15) is 0 Å². The summed E-state index contributed by atoms with van der Waals surface area (Å²) in [5, 5.41) is 6.39. The molecule has 0 saturated heterocycles. The molecular formula is C20H37IN4O3S. The Labute approximate surface area is 193 Å². The smallest absolute Gasteiger partial charge is 0.209 e. The summed E-state index contributed by atoms with van der Waals surface area (Å²) in [6, 6.07) is 6.09. The molecular weight excluding hydrogens is 503 g/mol. The Morgan fingerprint density at radius 3 is 2.28 bits per heavy atom. The molecule has 0 aliphatic carbocycles. The third-order valence-electron chi connectivity index (χ3n) is 3.55. The lowest BCUT2D eigenvalue weighted by atomic mass is 10.1. The van der Waals surface area contributed by atoms with Crippen LogP contribution in [0.15, 0.2) is 23.2 Å². The maximum atomic E-state index is 11.5. The molecule has 0 bridgehead atoms. The summed E-state index contributed by atoms with van der Waals surface area (Å²) in [6.45, 7) is 15.2. The van der Waals surface area contributed by atoms with Crippen LogP contribution in [-0.4, -0.2) is 44.9 Å². The quantitative estimate of drug-likeness (QED) is 0.268. The second kappa shape index (κ2) is 11.4. The second-order valence-electron chi connectivity index (χ2n) is 8.63. The van der Waals surface area contributed by atoms with Crippen LogP contribution in [0.5, 0.6) is 5.75 Å². The first-order valence-electron chi connectivity index (χ1n) is 9.50. The van der Waals surface area contributed by atoms with Crippen LogP contribution in [0, 0.1) is 6.92 Å². The Hall–Kier alpha value is -1.07. The summed E-state index contributed by atoms with van der Waals surface area (Å²) in [4.78, 5) is 4.64. The fourth-order valence-corrected chi connectivity index (χ4v) is 3.64. The van der Waals surface area contributed by atoms with E-state index in [4.69, 9.17) is 4.74 Å². The van der Waals surface area contributed by atoms with Gasteiger partial charge in [-0.15, -0.1) is 24.0 Å². The molecule has 3 N–H and O–H groups in total. The van der Waals surface area contributed by atoms with Crippen LogP contribution in [0.1, 0.15) is 52.7 Å². The lowest BCUT2D eigenvalue weighted by molar-refractivity contribution is 0.129. The molecule has 7 nitrogen and oxygen atoms in total. The van der Waals surface area contributed by atoms with Gasteiger partial charge in [0.25, 0.3) is 0 Å². The highest BCUT2D eigenvalue weighted by atomic mass is 127. The van der Waals surface area contributed by atoms with Crippen molar-refractivity contribution in [2.75, 3.05) is 19.3 Å². The van der Waals surface area contributed by atoms with E-state index in [1.807, 2.05) is 66.7 Å². The zero-order valence-corrected chi connectivity index (χ0v) is 22.0. The Morgan fingerprint density at radius 1 is 1.14 bits per heavy atom. The van der Waals surface area contributed by atoms with Crippen molar-refractivity contribution in [3.05, 3.63) is 29.3 Å². The summed E-state index contributed by atoms with van der Waals surface area (Å²) in [7, 11) is -3.29. The third-order valence-corrected chi connectivity index (χ3v) is 4.47. The van der Waals surface area contributed by atoms with Gasteiger partial charge in [0.1, 0.15) is 11.4 Å². The van der Waals surface area contributed by atoms with Gasteiger partial charge >= 0.3 is 0 Å². The molecule has 0 fully saturated rings. The Kier molecular flexibility index (Phi) is 10.9. The first-order chi connectivity index (χ1) is 12.7. The Bertz CT molecular complexity index is 787. The number of nitrogens with zero attached hydrogens (tertiary/aromatic N) is 1. The summed E-state index contributed by atoms with van der Waals surface area (Å²) >= 11 is 0. The third kappa shape index (κ3) is 12.3. The van der Waals surface area contributed by atoms with Crippen molar-refractivity contribution in [1.82, 2.24) is 15.4 Å². The highest BCUT2D eigenvalue weighted by Gasteiger charge is 2.22. The molecule has 0 aliphatic heterocycles. The van der Waals surface area contributed by atoms with Crippen molar-refractivity contribution in [3.8, 4) is 5.75 Å². The highest BCUT2D eigenvalue weighted by molar-refractivity contribution is 14.0. The maximum Gasteiger partial charge on any atom is 0.209 e. The molecule has 1 aromatic rings. The van der Waals surface area contributed by atoms with Gasteiger partial charge in [0, 0.05) is 24.2 Å². The summed E-state index contributed by atoms with van der Waals surface area (Å²) in [5.41, 5.74) is 1.18. The van der Waals surface area contributed by atoms with E-state index in [1.165, 1.54) is 0 Å². The van der Waals surface area contributed by atoms with Crippen LogP contribution in [0.2, 0.25) is 0 Å². The minimum absolute atomic E-state index is 0. The number of hydrogen-bond acceptors (Lipinski definition) is 4. The largest absolute Gasteiger partial charge is 0.488 e. The molecule has 1 rings (SSSR count). The molecule has 0 aliphatic rings. The fourth-order valence-electron chi connectivity index (χ4n) is 2.57. The predicted octanol–water partition coefficient (Wildman–Crippen LogP) is 3.17. The number of rotatable bonds is 8. The zero-order valence-electron chi connectivity index (χ0n) is 18.8. The van der Waals surface area contributed by atoms with Crippen LogP contribution in [0.3, 0.4) is 0 Å². The van der Waals surface area contributed by atoms with E-state index in [0.717, 1.165) is 23.1 Å². The van der Waals surface area contributed by atoms with Gasteiger partial charge < -0.3 is 15.4 Å². The molecule has 0 heterocycles. The second-order valence-corrected chi connectivity index (χ2v) is 10.4. The van der Waals surface area contributed by atoms with E-state index < -0.39 is 15.6 Å². The number of aryl methyl sites for hydroxylation is 1. The molecule has 0 atom stereocenters. The van der Waals surface area contributed by atoms with E-state index in [2.05, 4.69) is 20.3 Å². The molecule has 0 saturated carbocycles. The van der Waals surface area contributed by atoms with Gasteiger partial charge in [0.05, 0.1) is 12.8 Å².